The topological polar surface area (TPSA) is 71.3 Å². The Morgan fingerprint density at radius 3 is 3.15 bits per heavy atom. The predicted octanol–water partition coefficient (Wildman–Crippen LogP) is 1.37. The average molecular weight is 278 g/mol. The van der Waals surface area contributed by atoms with E-state index in [4.69, 9.17) is 14.7 Å². The molecule has 6 heteroatoms. The Morgan fingerprint density at radius 2 is 2.45 bits per heavy atom. The minimum Gasteiger partial charge on any atom is -0.482 e. The smallest absolute Gasteiger partial charge is 0.258 e. The van der Waals surface area contributed by atoms with Gasteiger partial charge in [0.05, 0.1) is 6.10 Å². The zero-order chi connectivity index (χ0) is 14.4. The molecule has 1 aromatic rings. The van der Waals surface area contributed by atoms with E-state index in [1.165, 1.54) is 18.2 Å². The number of benzene rings is 1. The van der Waals surface area contributed by atoms with Gasteiger partial charge in [0, 0.05) is 13.2 Å². The van der Waals surface area contributed by atoms with Crippen LogP contribution in [0.25, 0.3) is 0 Å². The summed E-state index contributed by atoms with van der Waals surface area (Å²) >= 11 is 0. The highest BCUT2D eigenvalue weighted by molar-refractivity contribution is 5.77. The Kier molecular flexibility index (Phi) is 4.91. The molecule has 1 aliphatic heterocycles. The number of carbonyl (C=O) groups excluding carboxylic acids is 1. The average Bonchev–Trinajstić information content (AvgIpc) is 2.96. The predicted molar refractivity (Wildman–Crippen MR) is 68.6 cm³/mol. The second-order valence-electron chi connectivity index (χ2n) is 4.45. The van der Waals surface area contributed by atoms with Gasteiger partial charge in [0.25, 0.3) is 5.91 Å². The Bertz CT molecular complexity index is 522. The zero-order valence-electron chi connectivity index (χ0n) is 10.9. The molecule has 0 radical (unpaired) electrons. The van der Waals surface area contributed by atoms with Gasteiger partial charge in [-0.1, -0.05) is 6.07 Å². The Balaban J connectivity index is 1.81. The fourth-order valence-corrected chi connectivity index (χ4v) is 1.96. The number of rotatable bonds is 5. The molecule has 0 aromatic heterocycles. The van der Waals surface area contributed by atoms with Crippen LogP contribution in [0.5, 0.6) is 5.75 Å². The Hall–Kier alpha value is -2.13. The molecule has 0 aliphatic carbocycles. The van der Waals surface area contributed by atoms with E-state index in [2.05, 4.69) is 5.32 Å². The molecule has 1 atom stereocenters. The highest BCUT2D eigenvalue weighted by Crippen LogP contribution is 2.20. The number of ether oxygens (including phenoxy) is 2. The molecule has 1 aliphatic rings. The van der Waals surface area contributed by atoms with Crippen LogP contribution < -0.4 is 10.1 Å². The molecular formula is C14H15FN2O3. The second-order valence-corrected chi connectivity index (χ2v) is 4.45. The summed E-state index contributed by atoms with van der Waals surface area (Å²) in [6.45, 7) is 0.910. The monoisotopic (exact) mass is 278 g/mol. The van der Waals surface area contributed by atoms with Crippen molar-refractivity contribution in [2.45, 2.75) is 18.9 Å². The van der Waals surface area contributed by atoms with Crippen molar-refractivity contribution < 1.29 is 18.7 Å². The molecule has 106 valence electrons. The molecule has 1 N–H and O–H groups in total. The maximum atomic E-state index is 13.3. The van der Waals surface area contributed by atoms with Gasteiger partial charge >= 0.3 is 0 Å². The molecule has 1 fully saturated rings. The molecule has 0 spiro atoms. The fraction of sp³-hybridized carbons (Fsp3) is 0.429. The number of halogens is 1. The van der Waals surface area contributed by atoms with Gasteiger partial charge in [-0.25, -0.2) is 4.39 Å². The van der Waals surface area contributed by atoms with Crippen molar-refractivity contribution in [3.05, 3.63) is 29.6 Å². The standard InChI is InChI=1S/C14H15FN2O3/c15-12-4-1-5-13(11(12)7-16)20-9-14(18)17-8-10-3-2-6-19-10/h1,4-5,10H,2-3,6,8-9H2,(H,17,18). The molecule has 1 unspecified atom stereocenters. The van der Waals surface area contributed by atoms with Crippen molar-refractivity contribution in [2.75, 3.05) is 19.8 Å². The normalized spacial score (nSPS) is 17.5. The first-order chi connectivity index (χ1) is 9.70. The van der Waals surface area contributed by atoms with Gasteiger partial charge < -0.3 is 14.8 Å². The van der Waals surface area contributed by atoms with E-state index in [1.807, 2.05) is 0 Å². The van der Waals surface area contributed by atoms with Crippen molar-refractivity contribution in [3.8, 4) is 11.8 Å². The van der Waals surface area contributed by atoms with E-state index in [0.29, 0.717) is 6.54 Å². The van der Waals surface area contributed by atoms with E-state index >= 15 is 0 Å². The van der Waals surface area contributed by atoms with Gasteiger partial charge in [-0.15, -0.1) is 0 Å². The van der Waals surface area contributed by atoms with Gasteiger partial charge in [0.2, 0.25) is 0 Å². The van der Waals surface area contributed by atoms with Crippen LogP contribution in [0.15, 0.2) is 18.2 Å². The third-order valence-electron chi connectivity index (χ3n) is 3.00. The number of nitrogens with zero attached hydrogens (tertiary/aromatic N) is 1. The summed E-state index contributed by atoms with van der Waals surface area (Å²) in [6.07, 6.45) is 2.00. The number of hydrogen-bond acceptors (Lipinski definition) is 4. The summed E-state index contributed by atoms with van der Waals surface area (Å²) in [5.41, 5.74) is -0.195. The first-order valence-electron chi connectivity index (χ1n) is 6.40. The number of nitriles is 1. The minimum atomic E-state index is -0.662. The quantitative estimate of drug-likeness (QED) is 0.883. The van der Waals surface area contributed by atoms with Crippen LogP contribution in [0.3, 0.4) is 0 Å². The number of carbonyl (C=O) groups is 1. The highest BCUT2D eigenvalue weighted by Gasteiger charge is 2.16. The molecule has 0 saturated carbocycles. The Labute approximate surface area is 116 Å². The van der Waals surface area contributed by atoms with Gasteiger partial charge in [-0.2, -0.15) is 5.26 Å². The molecule has 1 heterocycles. The molecule has 1 saturated heterocycles. The third-order valence-corrected chi connectivity index (χ3v) is 3.00. The van der Waals surface area contributed by atoms with Crippen LogP contribution in [-0.2, 0) is 9.53 Å². The molecule has 5 nitrogen and oxygen atoms in total. The van der Waals surface area contributed by atoms with Crippen molar-refractivity contribution in [2.24, 2.45) is 0 Å². The molecule has 1 aromatic carbocycles. The van der Waals surface area contributed by atoms with Crippen LogP contribution >= 0.6 is 0 Å². The summed E-state index contributed by atoms with van der Waals surface area (Å²) < 4.78 is 23.8. The van der Waals surface area contributed by atoms with Gasteiger partial charge in [0.15, 0.2) is 6.61 Å². The molecular weight excluding hydrogens is 263 g/mol. The molecule has 0 bridgehead atoms. The summed E-state index contributed by atoms with van der Waals surface area (Å²) in [4.78, 5) is 11.6. The molecule has 1 amide bonds. The van der Waals surface area contributed by atoms with Gasteiger partial charge in [0.1, 0.15) is 23.2 Å². The van der Waals surface area contributed by atoms with Crippen LogP contribution in [0.4, 0.5) is 4.39 Å². The Morgan fingerprint density at radius 1 is 1.60 bits per heavy atom. The lowest BCUT2D eigenvalue weighted by molar-refractivity contribution is -0.123. The zero-order valence-corrected chi connectivity index (χ0v) is 10.9. The third kappa shape index (κ3) is 3.68. The number of nitrogens with one attached hydrogen (secondary N) is 1. The lowest BCUT2D eigenvalue weighted by Gasteiger charge is -2.12. The SMILES string of the molecule is N#Cc1c(F)cccc1OCC(=O)NCC1CCCO1. The van der Waals surface area contributed by atoms with Crippen LogP contribution in [-0.4, -0.2) is 31.8 Å². The summed E-state index contributed by atoms with van der Waals surface area (Å²) in [7, 11) is 0. The lowest BCUT2D eigenvalue weighted by atomic mass is 10.2. The summed E-state index contributed by atoms with van der Waals surface area (Å²) in [5.74, 6) is -0.918. The maximum absolute atomic E-state index is 13.3. The largest absolute Gasteiger partial charge is 0.482 e. The highest BCUT2D eigenvalue weighted by atomic mass is 19.1. The van der Waals surface area contributed by atoms with Crippen molar-refractivity contribution >= 4 is 5.91 Å². The van der Waals surface area contributed by atoms with Gasteiger partial charge in [-0.3, -0.25) is 4.79 Å². The van der Waals surface area contributed by atoms with Crippen molar-refractivity contribution in [3.63, 3.8) is 0 Å². The van der Waals surface area contributed by atoms with E-state index in [0.717, 1.165) is 19.4 Å². The summed E-state index contributed by atoms with van der Waals surface area (Å²) in [5, 5.41) is 11.5. The minimum absolute atomic E-state index is 0.0581. The van der Waals surface area contributed by atoms with Gasteiger partial charge in [-0.05, 0) is 25.0 Å². The lowest BCUT2D eigenvalue weighted by Crippen LogP contribution is -2.35. The molecule has 20 heavy (non-hydrogen) atoms. The fourth-order valence-electron chi connectivity index (χ4n) is 1.96. The van der Waals surface area contributed by atoms with Crippen molar-refractivity contribution in [1.82, 2.24) is 5.32 Å². The maximum Gasteiger partial charge on any atom is 0.258 e. The van der Waals surface area contributed by atoms with E-state index < -0.39 is 5.82 Å². The number of hydrogen-bond donors (Lipinski definition) is 1. The summed E-state index contributed by atoms with van der Waals surface area (Å²) in [6, 6.07) is 5.76. The van der Waals surface area contributed by atoms with Crippen LogP contribution in [0.1, 0.15) is 18.4 Å². The van der Waals surface area contributed by atoms with E-state index in [-0.39, 0.29) is 29.9 Å². The van der Waals surface area contributed by atoms with E-state index in [1.54, 1.807) is 6.07 Å². The van der Waals surface area contributed by atoms with E-state index in [9.17, 15) is 9.18 Å². The van der Waals surface area contributed by atoms with Crippen LogP contribution in [0, 0.1) is 17.1 Å². The number of amides is 1. The first kappa shape index (κ1) is 14.3. The van der Waals surface area contributed by atoms with Crippen LogP contribution in [0.2, 0.25) is 0 Å². The second kappa shape index (κ2) is 6.87. The molecule has 2 rings (SSSR count). The van der Waals surface area contributed by atoms with Crippen molar-refractivity contribution in [1.29, 1.82) is 5.26 Å². The first-order valence-corrected chi connectivity index (χ1v) is 6.40.